The number of pyridine rings is 1. The summed E-state index contributed by atoms with van der Waals surface area (Å²) >= 11 is 0. The molecule has 29 heavy (non-hydrogen) atoms. The molecule has 1 aliphatic rings. The molecule has 4 rings (SSSR count). The summed E-state index contributed by atoms with van der Waals surface area (Å²) < 4.78 is 11.2. The lowest BCUT2D eigenvalue weighted by Crippen LogP contribution is -2.26. The Labute approximate surface area is 168 Å². The highest BCUT2D eigenvalue weighted by Crippen LogP contribution is 2.33. The van der Waals surface area contributed by atoms with E-state index in [9.17, 15) is 9.59 Å². The van der Waals surface area contributed by atoms with E-state index in [-0.39, 0.29) is 17.9 Å². The van der Waals surface area contributed by atoms with Gasteiger partial charge in [-0.2, -0.15) is 0 Å². The zero-order chi connectivity index (χ0) is 20.1. The molecule has 6 nitrogen and oxygen atoms in total. The Balaban J connectivity index is 1.32. The first kappa shape index (κ1) is 19.1. The van der Waals surface area contributed by atoms with Gasteiger partial charge in [-0.25, -0.2) is 0 Å². The molecule has 2 N–H and O–H groups in total. The lowest BCUT2D eigenvalue weighted by Gasteiger charge is -2.18. The normalized spacial score (nSPS) is 12.7. The highest BCUT2D eigenvalue weighted by atomic mass is 16.6. The number of carbonyl (C=O) groups excluding carboxylic acids is 1. The predicted octanol–water partition coefficient (Wildman–Crippen LogP) is 2.98. The molecule has 0 bridgehead atoms. The van der Waals surface area contributed by atoms with Crippen molar-refractivity contribution in [2.75, 3.05) is 19.8 Å². The molecule has 0 unspecified atom stereocenters. The number of ether oxygens (including phenoxy) is 2. The first-order valence-corrected chi connectivity index (χ1v) is 9.95. The average Bonchev–Trinajstić information content (AvgIpc) is 2.74. The van der Waals surface area contributed by atoms with E-state index >= 15 is 0 Å². The Morgan fingerprint density at radius 1 is 1.00 bits per heavy atom. The number of rotatable bonds is 7. The van der Waals surface area contributed by atoms with Gasteiger partial charge < -0.3 is 19.8 Å². The summed E-state index contributed by atoms with van der Waals surface area (Å²) in [5.41, 5.74) is 2.38. The van der Waals surface area contributed by atoms with Gasteiger partial charge in [0.2, 0.25) is 5.91 Å². The van der Waals surface area contributed by atoms with E-state index in [1.807, 2.05) is 30.3 Å². The highest BCUT2D eigenvalue weighted by molar-refractivity contribution is 5.83. The van der Waals surface area contributed by atoms with Gasteiger partial charge in [-0.1, -0.05) is 30.3 Å². The number of fused-ring (bicyclic) bond motifs is 2. The van der Waals surface area contributed by atoms with Crippen LogP contribution in [-0.4, -0.2) is 30.6 Å². The second kappa shape index (κ2) is 8.82. The topological polar surface area (TPSA) is 80.4 Å². The molecule has 0 atom stereocenters. The molecule has 1 aromatic heterocycles. The Hall–Kier alpha value is -3.28. The Morgan fingerprint density at radius 3 is 2.55 bits per heavy atom. The number of amides is 1. The summed E-state index contributed by atoms with van der Waals surface area (Å²) in [5, 5.41) is 3.80. The van der Waals surface area contributed by atoms with Crippen molar-refractivity contribution in [3.63, 3.8) is 0 Å². The lowest BCUT2D eigenvalue weighted by molar-refractivity contribution is -0.121. The van der Waals surface area contributed by atoms with Crippen molar-refractivity contribution in [2.45, 2.75) is 25.7 Å². The first-order valence-electron chi connectivity index (χ1n) is 9.95. The Kier molecular flexibility index (Phi) is 5.79. The van der Waals surface area contributed by atoms with E-state index in [4.69, 9.17) is 9.47 Å². The standard InChI is InChI=1S/C23H24N2O4/c26-22(24-10-4-7-16-5-2-1-3-6-16)9-8-17-13-18-14-20-21(29-12-11-28-20)15-19(18)25-23(17)27/h1-3,5-6,13-15H,4,7-12H2,(H,24,26)(H,25,27). The van der Waals surface area contributed by atoms with Crippen molar-refractivity contribution in [1.29, 1.82) is 0 Å². The van der Waals surface area contributed by atoms with Crippen LogP contribution < -0.4 is 20.3 Å². The van der Waals surface area contributed by atoms with Crippen molar-refractivity contribution in [2.24, 2.45) is 0 Å². The zero-order valence-electron chi connectivity index (χ0n) is 16.2. The van der Waals surface area contributed by atoms with Crippen LogP contribution in [0.3, 0.4) is 0 Å². The lowest BCUT2D eigenvalue weighted by atomic mass is 10.1. The van der Waals surface area contributed by atoms with Crippen molar-refractivity contribution >= 4 is 16.8 Å². The van der Waals surface area contributed by atoms with Crippen LogP contribution in [0.25, 0.3) is 10.9 Å². The number of hydrogen-bond acceptors (Lipinski definition) is 4. The molecule has 1 amide bonds. The summed E-state index contributed by atoms with van der Waals surface area (Å²) in [6.07, 6.45) is 2.50. The maximum absolute atomic E-state index is 12.4. The van der Waals surface area contributed by atoms with Gasteiger partial charge in [0.15, 0.2) is 11.5 Å². The zero-order valence-corrected chi connectivity index (χ0v) is 16.2. The summed E-state index contributed by atoms with van der Waals surface area (Å²) in [4.78, 5) is 27.4. The van der Waals surface area contributed by atoms with E-state index in [0.717, 1.165) is 18.2 Å². The molecule has 2 aromatic carbocycles. The van der Waals surface area contributed by atoms with Crippen molar-refractivity contribution in [3.05, 3.63) is 70.0 Å². The third kappa shape index (κ3) is 4.77. The van der Waals surface area contributed by atoms with Crippen LogP contribution in [-0.2, 0) is 17.6 Å². The number of aromatic amines is 1. The summed E-state index contributed by atoms with van der Waals surface area (Å²) in [5.74, 6) is 1.28. The second-order valence-electron chi connectivity index (χ2n) is 7.15. The first-order chi connectivity index (χ1) is 14.2. The molecule has 6 heteroatoms. The number of aryl methyl sites for hydroxylation is 2. The van der Waals surface area contributed by atoms with E-state index < -0.39 is 0 Å². The molecule has 0 fully saturated rings. The van der Waals surface area contributed by atoms with Gasteiger partial charge in [0, 0.05) is 30.0 Å². The number of benzene rings is 2. The van der Waals surface area contributed by atoms with Gasteiger partial charge in [-0.3, -0.25) is 9.59 Å². The molecule has 0 saturated carbocycles. The molecule has 3 aromatic rings. The van der Waals surface area contributed by atoms with Gasteiger partial charge in [0.05, 0.1) is 5.52 Å². The van der Waals surface area contributed by atoms with E-state index in [1.165, 1.54) is 5.56 Å². The third-order valence-electron chi connectivity index (χ3n) is 5.01. The van der Waals surface area contributed by atoms with E-state index in [1.54, 1.807) is 6.07 Å². The predicted molar refractivity (Wildman–Crippen MR) is 112 cm³/mol. The van der Waals surface area contributed by atoms with Gasteiger partial charge in [-0.05, 0) is 37.0 Å². The second-order valence-corrected chi connectivity index (χ2v) is 7.15. The van der Waals surface area contributed by atoms with Gasteiger partial charge in [0.25, 0.3) is 5.56 Å². The average molecular weight is 392 g/mol. The molecule has 1 aliphatic heterocycles. The van der Waals surface area contributed by atoms with Crippen molar-refractivity contribution < 1.29 is 14.3 Å². The SMILES string of the molecule is O=C(CCc1cc2cc3c(cc2[nH]c1=O)OCCO3)NCCCc1ccccc1. The van der Waals surface area contributed by atoms with E-state index in [2.05, 4.69) is 22.4 Å². The van der Waals surface area contributed by atoms with Crippen LogP contribution in [0, 0.1) is 0 Å². The number of nitrogens with one attached hydrogen (secondary N) is 2. The highest BCUT2D eigenvalue weighted by Gasteiger charge is 2.14. The van der Waals surface area contributed by atoms with Crippen LogP contribution in [0.5, 0.6) is 11.5 Å². The molecular weight excluding hydrogens is 368 g/mol. The van der Waals surface area contributed by atoms with E-state index in [0.29, 0.717) is 48.8 Å². The number of H-pyrrole nitrogens is 1. The Morgan fingerprint density at radius 2 is 1.76 bits per heavy atom. The van der Waals surface area contributed by atoms with Crippen molar-refractivity contribution in [1.82, 2.24) is 10.3 Å². The maximum Gasteiger partial charge on any atom is 0.251 e. The third-order valence-corrected chi connectivity index (χ3v) is 5.01. The fraction of sp³-hybridized carbons (Fsp3) is 0.304. The molecule has 0 saturated heterocycles. The summed E-state index contributed by atoms with van der Waals surface area (Å²) in [6.45, 7) is 1.64. The fourth-order valence-electron chi connectivity index (χ4n) is 3.48. The molecule has 0 spiro atoms. The van der Waals surface area contributed by atoms with Gasteiger partial charge >= 0.3 is 0 Å². The Bertz CT molecular complexity index is 1060. The monoisotopic (exact) mass is 392 g/mol. The minimum atomic E-state index is -0.175. The molecule has 0 radical (unpaired) electrons. The number of aromatic nitrogens is 1. The maximum atomic E-state index is 12.4. The van der Waals surface area contributed by atoms with Crippen LogP contribution in [0.2, 0.25) is 0 Å². The minimum Gasteiger partial charge on any atom is -0.486 e. The molecule has 150 valence electrons. The van der Waals surface area contributed by atoms with Crippen LogP contribution in [0.15, 0.2) is 53.3 Å². The molecule has 2 heterocycles. The quantitative estimate of drug-likeness (QED) is 0.606. The van der Waals surface area contributed by atoms with Gasteiger partial charge in [0.1, 0.15) is 13.2 Å². The molecule has 0 aliphatic carbocycles. The van der Waals surface area contributed by atoms with Crippen LogP contribution in [0.1, 0.15) is 24.0 Å². The van der Waals surface area contributed by atoms with Gasteiger partial charge in [-0.15, -0.1) is 0 Å². The number of hydrogen-bond donors (Lipinski definition) is 2. The summed E-state index contributed by atoms with van der Waals surface area (Å²) in [7, 11) is 0. The minimum absolute atomic E-state index is 0.0419. The fourth-order valence-corrected chi connectivity index (χ4v) is 3.48. The van der Waals surface area contributed by atoms with Crippen LogP contribution in [0.4, 0.5) is 0 Å². The largest absolute Gasteiger partial charge is 0.486 e. The molecular formula is C23H24N2O4. The number of carbonyl (C=O) groups is 1. The van der Waals surface area contributed by atoms with Crippen LogP contribution >= 0.6 is 0 Å². The summed E-state index contributed by atoms with van der Waals surface area (Å²) in [6, 6.07) is 15.7. The smallest absolute Gasteiger partial charge is 0.251 e. The van der Waals surface area contributed by atoms with Crippen molar-refractivity contribution in [3.8, 4) is 11.5 Å².